The van der Waals surface area contributed by atoms with Crippen molar-refractivity contribution >= 4 is 29.2 Å². The number of alkyl halides is 1. The largest absolute Gasteiger partial charge is 0.392 e. The van der Waals surface area contributed by atoms with Gasteiger partial charge in [-0.2, -0.15) is 0 Å². The molecule has 1 aliphatic heterocycles. The van der Waals surface area contributed by atoms with Crippen LogP contribution in [0.5, 0.6) is 0 Å². The fraction of sp³-hybridized carbons (Fsp3) is 0.750. The molecule has 0 aromatic rings. The molecular formula is C20H28ClNO4. The topological polar surface area (TPSA) is 83.5 Å². The molecule has 1 saturated heterocycles. The zero-order valence-electron chi connectivity index (χ0n) is 15.8. The van der Waals surface area contributed by atoms with Gasteiger partial charge in [0, 0.05) is 17.7 Å². The van der Waals surface area contributed by atoms with Gasteiger partial charge in [0.2, 0.25) is 11.8 Å². The third-order valence-corrected chi connectivity index (χ3v) is 7.87. The van der Waals surface area contributed by atoms with E-state index in [2.05, 4.69) is 26.1 Å². The molecule has 144 valence electrons. The van der Waals surface area contributed by atoms with E-state index in [9.17, 15) is 19.5 Å². The Labute approximate surface area is 159 Å². The van der Waals surface area contributed by atoms with Crippen LogP contribution in [0.3, 0.4) is 0 Å². The number of carbonyl (C=O) groups excluding carboxylic acids is 3. The summed E-state index contributed by atoms with van der Waals surface area (Å²) in [5.74, 6) is -1.56. The Hall–Kier alpha value is -1.20. The number of hydrogen-bond acceptors (Lipinski definition) is 4. The molecule has 0 aromatic heterocycles. The fourth-order valence-electron chi connectivity index (χ4n) is 5.73. The lowest BCUT2D eigenvalue weighted by molar-refractivity contribution is -0.138. The summed E-state index contributed by atoms with van der Waals surface area (Å²) >= 11 is 6.57. The van der Waals surface area contributed by atoms with Crippen molar-refractivity contribution in [1.82, 2.24) is 5.32 Å². The number of fused-ring (bicyclic) bond motifs is 1. The molecule has 0 spiro atoms. The van der Waals surface area contributed by atoms with E-state index in [1.807, 2.05) is 6.92 Å². The monoisotopic (exact) mass is 381 g/mol. The maximum atomic E-state index is 12.9. The smallest absolute Gasteiger partial charge is 0.232 e. The van der Waals surface area contributed by atoms with Crippen molar-refractivity contribution in [3.05, 3.63) is 11.6 Å². The zero-order valence-corrected chi connectivity index (χ0v) is 16.6. The number of halogens is 1. The molecule has 2 aliphatic carbocycles. The van der Waals surface area contributed by atoms with Crippen molar-refractivity contribution in [2.45, 2.75) is 64.9 Å². The molecular weight excluding hydrogens is 354 g/mol. The minimum Gasteiger partial charge on any atom is -0.392 e. The summed E-state index contributed by atoms with van der Waals surface area (Å²) in [5.41, 5.74) is 0.291. The Morgan fingerprint density at radius 3 is 2.54 bits per heavy atom. The number of nitrogens with one attached hydrogen (secondary N) is 1. The summed E-state index contributed by atoms with van der Waals surface area (Å²) < 4.78 is 0. The van der Waals surface area contributed by atoms with Gasteiger partial charge in [0.25, 0.3) is 0 Å². The molecule has 3 aliphatic rings. The van der Waals surface area contributed by atoms with Crippen molar-refractivity contribution in [3.8, 4) is 0 Å². The first kappa shape index (κ1) is 19.6. The lowest BCUT2D eigenvalue weighted by Gasteiger charge is -2.57. The van der Waals surface area contributed by atoms with Gasteiger partial charge in [-0.25, -0.2) is 0 Å². The maximum Gasteiger partial charge on any atom is 0.232 e. The average Bonchev–Trinajstić information content (AvgIpc) is 2.86. The molecule has 0 aromatic carbocycles. The van der Waals surface area contributed by atoms with Crippen molar-refractivity contribution in [1.29, 1.82) is 0 Å². The van der Waals surface area contributed by atoms with Crippen LogP contribution in [0, 0.1) is 28.6 Å². The molecule has 0 bridgehead atoms. The molecule has 2 fully saturated rings. The first-order valence-electron chi connectivity index (χ1n) is 9.36. The van der Waals surface area contributed by atoms with Gasteiger partial charge in [0.05, 0.1) is 12.0 Å². The normalized spacial score (nSPS) is 40.7. The number of carbonyl (C=O) groups is 3. The number of ketones is 1. The van der Waals surface area contributed by atoms with Gasteiger partial charge in [-0.15, -0.1) is 11.6 Å². The maximum absolute atomic E-state index is 12.9. The number of imide groups is 1. The van der Waals surface area contributed by atoms with Crippen molar-refractivity contribution in [3.63, 3.8) is 0 Å². The van der Waals surface area contributed by atoms with Gasteiger partial charge in [0.1, 0.15) is 0 Å². The van der Waals surface area contributed by atoms with E-state index in [0.29, 0.717) is 6.42 Å². The van der Waals surface area contributed by atoms with E-state index in [-0.39, 0.29) is 46.2 Å². The highest BCUT2D eigenvalue weighted by atomic mass is 35.5. The third-order valence-electron chi connectivity index (χ3n) is 7.09. The SMILES string of the molecule is CC1=CC(=O)C2C(C)(C)[C@@H](Cl)CC[C@]2(C)[C@H]1C[C@H](O)[C@H]1CC(=O)NC1=O. The van der Waals surface area contributed by atoms with Crippen LogP contribution in [0.2, 0.25) is 0 Å². The zero-order chi connectivity index (χ0) is 19.4. The first-order chi connectivity index (χ1) is 12.0. The van der Waals surface area contributed by atoms with E-state index >= 15 is 0 Å². The molecule has 6 heteroatoms. The number of amides is 2. The molecule has 2 amide bonds. The fourth-order valence-corrected chi connectivity index (χ4v) is 5.96. The highest BCUT2D eigenvalue weighted by molar-refractivity contribution is 6.21. The van der Waals surface area contributed by atoms with Crippen LogP contribution in [0.1, 0.15) is 53.4 Å². The molecule has 3 rings (SSSR count). The van der Waals surface area contributed by atoms with E-state index in [1.165, 1.54) is 0 Å². The predicted molar refractivity (Wildman–Crippen MR) is 98.4 cm³/mol. The van der Waals surface area contributed by atoms with Crippen LogP contribution in [0.4, 0.5) is 0 Å². The Kier molecular flexibility index (Phi) is 4.85. The number of hydrogen-bond donors (Lipinski definition) is 2. The lowest BCUT2D eigenvalue weighted by Crippen LogP contribution is -2.56. The Morgan fingerprint density at radius 1 is 1.31 bits per heavy atom. The second-order valence-electron chi connectivity index (χ2n) is 9.14. The molecule has 1 saturated carbocycles. The Morgan fingerprint density at radius 2 is 1.96 bits per heavy atom. The highest BCUT2D eigenvalue weighted by Gasteiger charge is 2.58. The lowest BCUT2D eigenvalue weighted by atomic mass is 9.47. The number of allylic oxidation sites excluding steroid dienone is 2. The Balaban J connectivity index is 1.91. The van der Waals surface area contributed by atoms with Gasteiger partial charge in [-0.05, 0) is 49.0 Å². The van der Waals surface area contributed by atoms with Gasteiger partial charge >= 0.3 is 0 Å². The second-order valence-corrected chi connectivity index (χ2v) is 9.66. The van der Waals surface area contributed by atoms with E-state index in [0.717, 1.165) is 18.4 Å². The summed E-state index contributed by atoms with van der Waals surface area (Å²) in [6.07, 6.45) is 2.81. The quantitative estimate of drug-likeness (QED) is 0.581. The van der Waals surface area contributed by atoms with Crippen molar-refractivity contribution in [2.24, 2.45) is 28.6 Å². The minimum atomic E-state index is -0.905. The number of aliphatic hydroxyl groups excluding tert-OH is 1. The van der Waals surface area contributed by atoms with Crippen LogP contribution >= 0.6 is 11.6 Å². The third kappa shape index (κ3) is 2.93. The van der Waals surface area contributed by atoms with Crippen molar-refractivity contribution in [2.75, 3.05) is 0 Å². The highest BCUT2D eigenvalue weighted by Crippen LogP contribution is 2.60. The summed E-state index contributed by atoms with van der Waals surface area (Å²) in [6.45, 7) is 8.15. The van der Waals surface area contributed by atoms with E-state index in [4.69, 9.17) is 11.6 Å². The van der Waals surface area contributed by atoms with Gasteiger partial charge < -0.3 is 5.11 Å². The molecule has 26 heavy (non-hydrogen) atoms. The van der Waals surface area contributed by atoms with Gasteiger partial charge in [-0.1, -0.05) is 26.3 Å². The summed E-state index contributed by atoms with van der Waals surface area (Å²) in [6, 6.07) is 0. The predicted octanol–water partition coefficient (Wildman–Crippen LogP) is 2.60. The molecule has 5 nitrogen and oxygen atoms in total. The van der Waals surface area contributed by atoms with Gasteiger partial charge in [0.15, 0.2) is 5.78 Å². The van der Waals surface area contributed by atoms with Crippen LogP contribution in [-0.4, -0.2) is 34.2 Å². The molecule has 1 unspecified atom stereocenters. The molecule has 0 radical (unpaired) electrons. The van der Waals surface area contributed by atoms with E-state index < -0.39 is 17.9 Å². The Bertz CT molecular complexity index is 685. The molecule has 6 atom stereocenters. The first-order valence-corrected chi connectivity index (χ1v) is 9.80. The van der Waals surface area contributed by atoms with Gasteiger partial charge in [-0.3, -0.25) is 19.7 Å². The number of rotatable bonds is 3. The average molecular weight is 382 g/mol. The molecule has 2 N–H and O–H groups in total. The van der Waals surface area contributed by atoms with Crippen LogP contribution in [-0.2, 0) is 14.4 Å². The van der Waals surface area contributed by atoms with Crippen LogP contribution in [0.25, 0.3) is 0 Å². The summed E-state index contributed by atoms with van der Waals surface area (Å²) in [4.78, 5) is 36.3. The number of aliphatic hydroxyl groups is 1. The van der Waals surface area contributed by atoms with Crippen molar-refractivity contribution < 1.29 is 19.5 Å². The second kappa shape index (κ2) is 6.45. The van der Waals surface area contributed by atoms with E-state index in [1.54, 1.807) is 6.08 Å². The minimum absolute atomic E-state index is 0.0212. The van der Waals surface area contributed by atoms with Crippen LogP contribution < -0.4 is 5.32 Å². The van der Waals surface area contributed by atoms with Crippen LogP contribution in [0.15, 0.2) is 11.6 Å². The molecule has 1 heterocycles. The summed E-state index contributed by atoms with van der Waals surface area (Å²) in [7, 11) is 0. The standard InChI is InChI=1S/C20H28ClNO4/c1-10-7-14(24)17-19(2,3)15(21)5-6-20(17,4)12(10)9-13(23)11-8-16(25)22-18(11)26/h7,11-13,15,17,23H,5-6,8-9H2,1-4H3,(H,22,25,26)/t11-,12+,13+,15+,17?,20-/m1/s1. The summed E-state index contributed by atoms with van der Waals surface area (Å²) in [5, 5.41) is 12.9.